The molecular weight excluding hydrogens is 439 g/mol. The van der Waals surface area contributed by atoms with Crippen molar-refractivity contribution in [3.05, 3.63) is 23.8 Å². The van der Waals surface area contributed by atoms with Crippen molar-refractivity contribution in [2.45, 2.75) is 17.2 Å². The Balaban J connectivity index is 3.42. The van der Waals surface area contributed by atoms with Gasteiger partial charge in [0.2, 0.25) is 0 Å². The van der Waals surface area contributed by atoms with Crippen LogP contribution < -0.4 is 8.37 Å². The van der Waals surface area contributed by atoms with E-state index in [9.17, 15) is 56.3 Å². The molecule has 1 aromatic rings. The summed E-state index contributed by atoms with van der Waals surface area (Å²) in [6.07, 6.45) is -5.64. The minimum atomic E-state index is -6.54. The lowest BCUT2D eigenvalue weighted by Gasteiger charge is -2.16. The van der Waals surface area contributed by atoms with E-state index in [1.54, 1.807) is 0 Å². The number of hydrogen-bond acceptors (Lipinski definition) is 6. The van der Waals surface area contributed by atoms with Crippen molar-refractivity contribution in [1.82, 2.24) is 0 Å². The maximum Gasteiger partial charge on any atom is 0.534 e. The van der Waals surface area contributed by atoms with Crippen LogP contribution in [0.5, 0.6) is 11.5 Å². The molecule has 0 aromatic heterocycles. The molecule has 0 N–H and O–H groups in total. The van der Waals surface area contributed by atoms with Crippen LogP contribution in [0.2, 0.25) is 0 Å². The molecule has 6 nitrogen and oxygen atoms in total. The Morgan fingerprint density at radius 3 is 1.50 bits per heavy atom. The summed E-state index contributed by atoms with van der Waals surface area (Å²) in [7, 11) is -12.9. The minimum Gasteiger partial charge on any atom is -0.376 e. The van der Waals surface area contributed by atoms with E-state index in [4.69, 9.17) is 0 Å². The second kappa shape index (κ2) is 6.36. The first-order valence-corrected chi connectivity index (χ1v) is 8.32. The van der Waals surface area contributed by atoms with Gasteiger partial charge in [-0.05, 0) is 18.2 Å². The summed E-state index contributed by atoms with van der Waals surface area (Å²) in [6, 6.07) is -0.613. The van der Waals surface area contributed by atoms with Crippen LogP contribution >= 0.6 is 0 Å². The topological polar surface area (TPSA) is 86.7 Å². The average molecular weight is 442 g/mol. The molecule has 0 radical (unpaired) electrons. The van der Waals surface area contributed by atoms with Crippen LogP contribution in [0, 0.1) is 0 Å². The predicted octanol–water partition coefficient (Wildman–Crippen LogP) is 3.16. The molecular formula is C9H3F9O6S2. The first kappa shape index (κ1) is 22.1. The Hall–Kier alpha value is -1.91. The van der Waals surface area contributed by atoms with Gasteiger partial charge in [-0.3, -0.25) is 0 Å². The van der Waals surface area contributed by atoms with Crippen LogP contribution in [0.1, 0.15) is 5.56 Å². The maximum absolute atomic E-state index is 12.8. The standard InChI is InChI=1S/C9H3F9O6S2/c10-7(11,12)5-3-4(23-25(19,20)8(13,14)15)1-2-6(5)24-26(21,22)9(16,17)18/h1-3H. The number of alkyl halides is 9. The van der Waals surface area contributed by atoms with Crippen LogP contribution in [0.4, 0.5) is 39.5 Å². The quantitative estimate of drug-likeness (QED) is 0.405. The first-order valence-electron chi connectivity index (χ1n) is 5.51. The predicted molar refractivity (Wildman–Crippen MR) is 62.6 cm³/mol. The summed E-state index contributed by atoms with van der Waals surface area (Å²) in [4.78, 5) is 0. The lowest BCUT2D eigenvalue weighted by atomic mass is 10.2. The SMILES string of the molecule is O=S(=O)(Oc1ccc(OS(=O)(=O)C(F)(F)F)c(C(F)(F)F)c1)C(F)(F)F. The van der Waals surface area contributed by atoms with E-state index in [1.807, 2.05) is 0 Å². The van der Waals surface area contributed by atoms with E-state index in [2.05, 4.69) is 8.37 Å². The van der Waals surface area contributed by atoms with E-state index in [0.717, 1.165) is 0 Å². The van der Waals surface area contributed by atoms with Gasteiger partial charge in [0.1, 0.15) is 11.3 Å². The maximum atomic E-state index is 12.8. The van der Waals surface area contributed by atoms with E-state index < -0.39 is 60.6 Å². The van der Waals surface area contributed by atoms with Crippen molar-refractivity contribution in [3.8, 4) is 11.5 Å². The highest BCUT2D eigenvalue weighted by atomic mass is 32.2. The Kier molecular flexibility index (Phi) is 5.41. The van der Waals surface area contributed by atoms with Crippen molar-refractivity contribution < 1.29 is 64.7 Å². The Labute approximate surface area is 138 Å². The first-order chi connectivity index (χ1) is 11.3. The van der Waals surface area contributed by atoms with Crippen molar-refractivity contribution in [2.24, 2.45) is 0 Å². The summed E-state index contributed by atoms with van der Waals surface area (Å²) in [5.41, 5.74) is -14.5. The number of rotatable bonds is 4. The third-order valence-electron chi connectivity index (χ3n) is 2.23. The fourth-order valence-corrected chi connectivity index (χ4v) is 2.12. The van der Waals surface area contributed by atoms with Crippen molar-refractivity contribution in [1.29, 1.82) is 0 Å². The van der Waals surface area contributed by atoms with Crippen LogP contribution in [-0.4, -0.2) is 27.9 Å². The number of benzene rings is 1. The Morgan fingerprint density at radius 2 is 1.12 bits per heavy atom. The van der Waals surface area contributed by atoms with E-state index in [-0.39, 0.29) is 12.1 Å². The van der Waals surface area contributed by atoms with Crippen LogP contribution in [-0.2, 0) is 26.4 Å². The third-order valence-corrected chi connectivity index (χ3v) is 4.17. The van der Waals surface area contributed by atoms with Gasteiger partial charge in [-0.1, -0.05) is 0 Å². The molecule has 0 amide bonds. The molecule has 0 heterocycles. The zero-order valence-electron chi connectivity index (χ0n) is 11.4. The largest absolute Gasteiger partial charge is 0.534 e. The molecule has 0 aliphatic heterocycles. The Morgan fingerprint density at radius 1 is 0.692 bits per heavy atom. The van der Waals surface area contributed by atoms with Gasteiger partial charge in [-0.15, -0.1) is 0 Å². The zero-order valence-corrected chi connectivity index (χ0v) is 13.0. The van der Waals surface area contributed by atoms with Crippen LogP contribution in [0.3, 0.4) is 0 Å². The molecule has 0 atom stereocenters. The fourth-order valence-electron chi connectivity index (χ4n) is 1.19. The molecule has 0 bridgehead atoms. The van der Waals surface area contributed by atoms with E-state index in [0.29, 0.717) is 0 Å². The van der Waals surface area contributed by atoms with Crippen molar-refractivity contribution in [3.63, 3.8) is 0 Å². The molecule has 0 saturated heterocycles. The smallest absolute Gasteiger partial charge is 0.376 e. The van der Waals surface area contributed by atoms with E-state index in [1.165, 1.54) is 0 Å². The average Bonchev–Trinajstić information content (AvgIpc) is 2.35. The van der Waals surface area contributed by atoms with Gasteiger partial charge in [-0.2, -0.15) is 56.3 Å². The molecule has 0 aliphatic carbocycles. The molecule has 17 heteroatoms. The van der Waals surface area contributed by atoms with Crippen LogP contribution in [0.15, 0.2) is 18.2 Å². The summed E-state index contributed by atoms with van der Waals surface area (Å²) in [5, 5.41) is 0. The zero-order chi connectivity index (χ0) is 20.8. The summed E-state index contributed by atoms with van der Waals surface area (Å²) in [5.74, 6) is -3.57. The summed E-state index contributed by atoms with van der Waals surface area (Å²) in [6.45, 7) is 0. The van der Waals surface area contributed by atoms with Gasteiger partial charge < -0.3 is 8.37 Å². The second-order valence-corrected chi connectivity index (χ2v) is 7.20. The molecule has 0 fully saturated rings. The minimum absolute atomic E-state index is 0.0275. The molecule has 26 heavy (non-hydrogen) atoms. The third kappa shape index (κ3) is 4.83. The highest BCUT2D eigenvalue weighted by Crippen LogP contribution is 2.41. The highest BCUT2D eigenvalue weighted by molar-refractivity contribution is 7.88. The lowest BCUT2D eigenvalue weighted by Crippen LogP contribution is -2.29. The van der Waals surface area contributed by atoms with Gasteiger partial charge in [0, 0.05) is 0 Å². The molecule has 0 saturated carbocycles. The second-order valence-electron chi connectivity index (χ2n) is 4.12. The van der Waals surface area contributed by atoms with Crippen molar-refractivity contribution >= 4 is 20.2 Å². The van der Waals surface area contributed by atoms with Gasteiger partial charge in [0.15, 0.2) is 5.75 Å². The molecule has 1 aromatic carbocycles. The van der Waals surface area contributed by atoms with E-state index >= 15 is 0 Å². The van der Waals surface area contributed by atoms with Gasteiger partial charge in [-0.25, -0.2) is 0 Å². The summed E-state index contributed by atoms with van der Waals surface area (Å²) >= 11 is 0. The molecule has 150 valence electrons. The molecule has 1 rings (SSSR count). The monoisotopic (exact) mass is 442 g/mol. The molecule has 0 aliphatic rings. The molecule has 0 spiro atoms. The van der Waals surface area contributed by atoms with Gasteiger partial charge in [0.05, 0.1) is 0 Å². The fraction of sp³-hybridized carbons (Fsp3) is 0.333. The van der Waals surface area contributed by atoms with Gasteiger partial charge >= 0.3 is 37.4 Å². The summed E-state index contributed by atoms with van der Waals surface area (Å²) < 4.78 is 161. The van der Waals surface area contributed by atoms with Crippen molar-refractivity contribution in [2.75, 3.05) is 0 Å². The van der Waals surface area contributed by atoms with Gasteiger partial charge in [0.25, 0.3) is 0 Å². The highest BCUT2D eigenvalue weighted by Gasteiger charge is 2.51. The Bertz CT molecular complexity index is 880. The normalized spacial score (nSPS) is 14.2. The number of hydrogen-bond donors (Lipinski definition) is 0. The molecule has 0 unspecified atom stereocenters. The lowest BCUT2D eigenvalue weighted by molar-refractivity contribution is -0.138. The number of halogens is 9. The van der Waals surface area contributed by atoms with Crippen LogP contribution in [0.25, 0.3) is 0 Å².